The number of nitrogens with one attached hydrogen (secondary N) is 3. The summed E-state index contributed by atoms with van der Waals surface area (Å²) in [5.41, 5.74) is 2.07. The molecule has 34 heavy (non-hydrogen) atoms. The van der Waals surface area contributed by atoms with Crippen LogP contribution in [0.5, 0.6) is 5.75 Å². The van der Waals surface area contributed by atoms with Crippen molar-refractivity contribution in [2.75, 3.05) is 7.11 Å². The first-order valence-electron chi connectivity index (χ1n) is 11.0. The van der Waals surface area contributed by atoms with Crippen LogP contribution >= 0.6 is 0 Å². The van der Waals surface area contributed by atoms with Crippen LogP contribution in [0.3, 0.4) is 0 Å². The summed E-state index contributed by atoms with van der Waals surface area (Å²) in [5.74, 6) is -0.249. The van der Waals surface area contributed by atoms with Crippen molar-refractivity contribution in [1.82, 2.24) is 16.0 Å². The lowest BCUT2D eigenvalue weighted by Crippen LogP contribution is -2.56. The van der Waals surface area contributed by atoms with E-state index in [1.807, 2.05) is 54.6 Å². The summed E-state index contributed by atoms with van der Waals surface area (Å²) in [6.07, 6.45) is 5.15. The third kappa shape index (κ3) is 4.72. The predicted octanol–water partition coefficient (Wildman–Crippen LogP) is 2.54. The topological polar surface area (TPSA) is 117 Å². The quantitative estimate of drug-likeness (QED) is 0.473. The lowest BCUT2D eigenvalue weighted by atomic mass is 9.80. The van der Waals surface area contributed by atoms with Crippen molar-refractivity contribution < 1.29 is 24.2 Å². The highest BCUT2D eigenvalue weighted by Gasteiger charge is 2.49. The molecule has 1 fully saturated rings. The molecule has 2 aromatic carbocycles. The van der Waals surface area contributed by atoms with Gasteiger partial charge in [0.15, 0.2) is 0 Å². The van der Waals surface area contributed by atoms with Crippen LogP contribution in [-0.2, 0) is 11.3 Å². The van der Waals surface area contributed by atoms with Crippen molar-refractivity contribution in [3.8, 4) is 5.75 Å². The van der Waals surface area contributed by atoms with Gasteiger partial charge in [0.2, 0.25) is 0 Å². The SMILES string of the molecule is COc1ccc(CNC(=O)c2ccc(C3=CCC(C(O)C4(C)NC(=O)NC4=O)C=C3)cc2)cc1. The Morgan fingerprint density at radius 3 is 2.44 bits per heavy atom. The molecule has 1 aliphatic heterocycles. The Hall–Kier alpha value is -3.91. The van der Waals surface area contributed by atoms with E-state index in [0.29, 0.717) is 18.5 Å². The maximum Gasteiger partial charge on any atom is 0.322 e. The van der Waals surface area contributed by atoms with Crippen LogP contribution in [0.15, 0.2) is 66.8 Å². The molecule has 4 N–H and O–H groups in total. The number of imide groups is 1. The van der Waals surface area contributed by atoms with Gasteiger partial charge in [0.05, 0.1) is 13.2 Å². The van der Waals surface area contributed by atoms with Gasteiger partial charge in [-0.1, -0.05) is 42.5 Å². The van der Waals surface area contributed by atoms with Gasteiger partial charge < -0.3 is 20.5 Å². The molecule has 0 saturated carbocycles. The lowest BCUT2D eigenvalue weighted by Gasteiger charge is -2.32. The van der Waals surface area contributed by atoms with Crippen molar-refractivity contribution in [1.29, 1.82) is 0 Å². The third-order valence-corrected chi connectivity index (χ3v) is 6.29. The summed E-state index contributed by atoms with van der Waals surface area (Å²) >= 11 is 0. The van der Waals surface area contributed by atoms with Crippen molar-refractivity contribution in [3.63, 3.8) is 0 Å². The van der Waals surface area contributed by atoms with Gasteiger partial charge in [0, 0.05) is 18.0 Å². The first kappa shape index (κ1) is 23.3. The van der Waals surface area contributed by atoms with E-state index >= 15 is 0 Å². The Kier molecular flexibility index (Phi) is 6.51. The van der Waals surface area contributed by atoms with Crippen molar-refractivity contribution in [3.05, 3.63) is 83.4 Å². The number of aliphatic hydroxyl groups is 1. The molecular formula is C26H27N3O5. The first-order valence-corrected chi connectivity index (χ1v) is 11.0. The first-order chi connectivity index (χ1) is 16.3. The van der Waals surface area contributed by atoms with Gasteiger partial charge in [0.1, 0.15) is 11.3 Å². The van der Waals surface area contributed by atoms with Crippen LogP contribution in [0.2, 0.25) is 0 Å². The van der Waals surface area contributed by atoms with E-state index in [4.69, 9.17) is 4.74 Å². The minimum Gasteiger partial charge on any atom is -0.497 e. The van der Waals surface area contributed by atoms with E-state index in [1.165, 1.54) is 6.92 Å². The summed E-state index contributed by atoms with van der Waals surface area (Å²) in [7, 11) is 1.61. The molecule has 0 radical (unpaired) electrons. The van der Waals surface area contributed by atoms with Crippen molar-refractivity contribution in [2.45, 2.75) is 31.5 Å². The summed E-state index contributed by atoms with van der Waals surface area (Å²) in [6.45, 7) is 1.93. The van der Waals surface area contributed by atoms with E-state index in [9.17, 15) is 19.5 Å². The fraction of sp³-hybridized carbons (Fsp3) is 0.269. The van der Waals surface area contributed by atoms with Gasteiger partial charge in [-0.25, -0.2) is 4.79 Å². The third-order valence-electron chi connectivity index (χ3n) is 6.29. The number of ether oxygens (including phenoxy) is 1. The Morgan fingerprint density at radius 2 is 1.88 bits per heavy atom. The second-order valence-corrected chi connectivity index (χ2v) is 8.58. The van der Waals surface area contributed by atoms with Crippen LogP contribution in [0, 0.1) is 5.92 Å². The highest BCUT2D eigenvalue weighted by Crippen LogP contribution is 2.31. The number of rotatable bonds is 7. The van der Waals surface area contributed by atoms with Crippen LogP contribution < -0.4 is 20.7 Å². The Balaban J connectivity index is 1.34. The second-order valence-electron chi connectivity index (χ2n) is 8.58. The fourth-order valence-corrected chi connectivity index (χ4v) is 4.12. The van der Waals surface area contributed by atoms with Crippen LogP contribution in [0.25, 0.3) is 5.57 Å². The second kappa shape index (κ2) is 9.52. The van der Waals surface area contributed by atoms with Crippen molar-refractivity contribution >= 4 is 23.4 Å². The molecule has 1 heterocycles. The molecule has 3 atom stereocenters. The summed E-state index contributed by atoms with van der Waals surface area (Å²) < 4.78 is 5.14. The maximum atomic E-state index is 12.5. The van der Waals surface area contributed by atoms with Gasteiger partial charge in [-0.2, -0.15) is 0 Å². The molecule has 1 aliphatic carbocycles. The van der Waals surface area contributed by atoms with Crippen LogP contribution in [-0.4, -0.2) is 41.7 Å². The zero-order valence-electron chi connectivity index (χ0n) is 19.0. The van der Waals surface area contributed by atoms with Gasteiger partial charge in [-0.05, 0) is 54.3 Å². The average molecular weight is 462 g/mol. The normalized spacial score (nSPS) is 22.4. The van der Waals surface area contributed by atoms with E-state index < -0.39 is 23.6 Å². The minimum absolute atomic E-state index is 0.163. The number of allylic oxidation sites excluding steroid dienone is 3. The number of benzene rings is 2. The molecule has 0 spiro atoms. The number of aliphatic hydroxyl groups excluding tert-OH is 1. The number of carbonyl (C=O) groups is 3. The molecule has 0 bridgehead atoms. The van der Waals surface area contributed by atoms with Gasteiger partial charge in [-0.15, -0.1) is 0 Å². The van der Waals surface area contributed by atoms with E-state index in [1.54, 1.807) is 19.2 Å². The fourth-order valence-electron chi connectivity index (χ4n) is 4.12. The highest BCUT2D eigenvalue weighted by atomic mass is 16.5. The monoisotopic (exact) mass is 461 g/mol. The molecule has 3 unspecified atom stereocenters. The number of urea groups is 1. The predicted molar refractivity (Wildman–Crippen MR) is 127 cm³/mol. The van der Waals surface area contributed by atoms with Gasteiger partial charge >= 0.3 is 6.03 Å². The van der Waals surface area contributed by atoms with Crippen LogP contribution in [0.1, 0.15) is 34.8 Å². The molecule has 1 saturated heterocycles. The standard InChI is InChI=1S/C26H27N3O5/c1-26(24(32)28-25(33)29-26)22(30)19-9-5-17(6-10-19)18-7-11-20(12-8-18)23(31)27-15-16-3-13-21(34-2)14-4-16/h3-9,11-14,19,22,30H,10,15H2,1-2H3,(H,27,31)(H2,28,29,32,33). The van der Waals surface area contributed by atoms with Crippen molar-refractivity contribution in [2.24, 2.45) is 5.92 Å². The molecule has 0 aromatic heterocycles. The lowest BCUT2D eigenvalue weighted by molar-refractivity contribution is -0.128. The number of hydrogen-bond donors (Lipinski definition) is 4. The molecule has 8 nitrogen and oxygen atoms in total. The number of amides is 4. The van der Waals surface area contributed by atoms with E-state index in [0.717, 1.165) is 22.4 Å². The molecule has 176 valence electrons. The Labute approximate surface area is 197 Å². The molecule has 4 amide bonds. The smallest absolute Gasteiger partial charge is 0.322 e. The minimum atomic E-state index is -1.36. The number of methoxy groups -OCH3 is 1. The molecule has 2 aliphatic rings. The zero-order chi connectivity index (χ0) is 24.3. The zero-order valence-corrected chi connectivity index (χ0v) is 19.0. The maximum absolute atomic E-state index is 12.5. The largest absolute Gasteiger partial charge is 0.497 e. The van der Waals surface area contributed by atoms with Crippen LogP contribution in [0.4, 0.5) is 4.79 Å². The van der Waals surface area contributed by atoms with Gasteiger partial charge in [0.25, 0.3) is 11.8 Å². The summed E-state index contributed by atoms with van der Waals surface area (Å²) in [5, 5.41) is 18.3. The van der Waals surface area contributed by atoms with Gasteiger partial charge in [-0.3, -0.25) is 14.9 Å². The molecule has 2 aromatic rings. The Morgan fingerprint density at radius 1 is 1.18 bits per heavy atom. The highest BCUT2D eigenvalue weighted by molar-refractivity contribution is 6.07. The molecule has 4 rings (SSSR count). The molecule has 8 heteroatoms. The Bertz CT molecular complexity index is 1150. The van der Waals surface area contributed by atoms with E-state index in [2.05, 4.69) is 16.0 Å². The summed E-state index contributed by atoms with van der Waals surface area (Å²) in [6, 6.07) is 14.2. The average Bonchev–Trinajstić information content (AvgIpc) is 3.14. The van der Waals surface area contributed by atoms with E-state index in [-0.39, 0.29) is 11.8 Å². The molecular weight excluding hydrogens is 434 g/mol. The summed E-state index contributed by atoms with van der Waals surface area (Å²) in [4.78, 5) is 36.1. The number of carbonyl (C=O) groups excluding carboxylic acids is 3. The number of hydrogen-bond acceptors (Lipinski definition) is 5.